The number of ether oxygens (including phenoxy) is 4. The zero-order chi connectivity index (χ0) is 25.7. The van der Waals surface area contributed by atoms with Crippen molar-refractivity contribution in [2.24, 2.45) is 0 Å². The molecule has 6 atom stereocenters. The first-order chi connectivity index (χ1) is 18.6. The number of fused-ring (bicyclic) bond motifs is 2. The summed E-state index contributed by atoms with van der Waals surface area (Å²) in [6.07, 6.45) is -5.63. The lowest BCUT2D eigenvalue weighted by atomic mass is 9.85. The molecule has 1 saturated carbocycles. The monoisotopic (exact) mass is 508 g/mol. The highest BCUT2D eigenvalue weighted by atomic mass is 16.8. The van der Waals surface area contributed by atoms with Gasteiger partial charge in [0.2, 0.25) is 11.6 Å². The molecule has 192 valence electrons. The van der Waals surface area contributed by atoms with Crippen molar-refractivity contribution in [1.29, 1.82) is 0 Å². The maximum atomic E-state index is 11.7. The molecule has 3 aliphatic rings. The molecule has 2 saturated heterocycles. The minimum absolute atomic E-state index is 0.773. The number of benzene rings is 4. The highest BCUT2D eigenvalue weighted by Crippen LogP contribution is 2.53. The van der Waals surface area contributed by atoms with Gasteiger partial charge in [0.15, 0.2) is 0 Å². The van der Waals surface area contributed by atoms with Crippen molar-refractivity contribution in [1.82, 2.24) is 0 Å². The van der Waals surface area contributed by atoms with Gasteiger partial charge >= 0.3 is 0 Å². The molecule has 4 aromatic rings. The van der Waals surface area contributed by atoms with Crippen molar-refractivity contribution in [2.45, 2.75) is 48.2 Å². The van der Waals surface area contributed by atoms with Crippen LogP contribution in [0.5, 0.6) is 0 Å². The van der Waals surface area contributed by atoms with Gasteiger partial charge in [-0.25, -0.2) is 0 Å². The third-order valence-electron chi connectivity index (χ3n) is 7.82. The predicted octanol–water partition coefficient (Wildman–Crippen LogP) is 4.09. The van der Waals surface area contributed by atoms with E-state index in [4.69, 9.17) is 18.9 Å². The average Bonchev–Trinajstić information content (AvgIpc) is 3.61. The Morgan fingerprint density at radius 1 is 0.368 bits per heavy atom. The van der Waals surface area contributed by atoms with E-state index >= 15 is 0 Å². The Kier molecular flexibility index (Phi) is 5.70. The number of rotatable bonds is 4. The van der Waals surface area contributed by atoms with Gasteiger partial charge in [0.05, 0.1) is 0 Å². The summed E-state index contributed by atoms with van der Waals surface area (Å²) in [6, 6.07) is 38.4. The molecule has 6 heteroatoms. The average molecular weight is 509 g/mol. The fraction of sp³-hybridized carbons (Fsp3) is 0.250. The van der Waals surface area contributed by atoms with Gasteiger partial charge in [-0.3, -0.25) is 0 Å². The van der Waals surface area contributed by atoms with E-state index in [2.05, 4.69) is 0 Å². The first kappa shape index (κ1) is 23.7. The van der Waals surface area contributed by atoms with Crippen LogP contribution in [0.25, 0.3) is 0 Å². The maximum Gasteiger partial charge on any atom is 0.223 e. The summed E-state index contributed by atoms with van der Waals surface area (Å²) < 4.78 is 26.5. The van der Waals surface area contributed by atoms with Crippen LogP contribution < -0.4 is 0 Å². The van der Waals surface area contributed by atoms with Gasteiger partial charge in [0.1, 0.15) is 36.6 Å². The fourth-order valence-corrected chi connectivity index (χ4v) is 6.03. The Balaban J connectivity index is 1.29. The fourth-order valence-electron chi connectivity index (χ4n) is 6.03. The van der Waals surface area contributed by atoms with Gasteiger partial charge in [-0.1, -0.05) is 121 Å². The summed E-state index contributed by atoms with van der Waals surface area (Å²) in [5, 5.41) is 23.4. The summed E-state index contributed by atoms with van der Waals surface area (Å²) in [5.41, 5.74) is 3.09. The molecule has 0 radical (unpaired) electrons. The molecule has 0 amide bonds. The van der Waals surface area contributed by atoms with Gasteiger partial charge in [0.25, 0.3) is 0 Å². The first-order valence-electron chi connectivity index (χ1n) is 12.9. The van der Waals surface area contributed by atoms with E-state index in [-0.39, 0.29) is 0 Å². The van der Waals surface area contributed by atoms with Crippen LogP contribution in [0.1, 0.15) is 22.3 Å². The zero-order valence-electron chi connectivity index (χ0n) is 20.5. The summed E-state index contributed by atoms with van der Waals surface area (Å²) in [6.45, 7) is 0. The molecular formula is C32H28O6. The predicted molar refractivity (Wildman–Crippen MR) is 139 cm³/mol. The van der Waals surface area contributed by atoms with Crippen molar-refractivity contribution in [3.05, 3.63) is 144 Å². The molecule has 7 rings (SSSR count). The van der Waals surface area contributed by atoms with Gasteiger partial charge in [-0.05, 0) is 0 Å². The lowest BCUT2D eigenvalue weighted by Gasteiger charge is -2.38. The number of aliphatic hydroxyl groups is 2. The Morgan fingerprint density at radius 2 is 0.579 bits per heavy atom. The molecule has 2 heterocycles. The molecule has 1 aliphatic carbocycles. The zero-order valence-corrected chi connectivity index (χ0v) is 20.5. The van der Waals surface area contributed by atoms with E-state index < -0.39 is 48.2 Å². The number of hydrogen-bond donors (Lipinski definition) is 2. The normalized spacial score (nSPS) is 30.9. The molecule has 3 fully saturated rings. The molecule has 2 unspecified atom stereocenters. The van der Waals surface area contributed by atoms with Gasteiger partial charge < -0.3 is 29.2 Å². The summed E-state index contributed by atoms with van der Waals surface area (Å²) in [5.74, 6) is -2.59. The molecule has 6 nitrogen and oxygen atoms in total. The van der Waals surface area contributed by atoms with Gasteiger partial charge in [0, 0.05) is 22.3 Å². The molecule has 2 aliphatic heterocycles. The van der Waals surface area contributed by atoms with Crippen molar-refractivity contribution in [3.63, 3.8) is 0 Å². The lowest BCUT2D eigenvalue weighted by molar-refractivity contribution is -0.187. The minimum Gasteiger partial charge on any atom is -0.387 e. The van der Waals surface area contributed by atoms with Crippen LogP contribution in [-0.4, -0.2) is 46.8 Å². The highest BCUT2D eigenvalue weighted by Gasteiger charge is 2.66. The van der Waals surface area contributed by atoms with Crippen LogP contribution in [0.2, 0.25) is 0 Å². The third kappa shape index (κ3) is 3.50. The lowest BCUT2D eigenvalue weighted by Crippen LogP contribution is -2.61. The largest absolute Gasteiger partial charge is 0.387 e. The van der Waals surface area contributed by atoms with E-state index in [0.717, 1.165) is 22.3 Å². The van der Waals surface area contributed by atoms with Crippen LogP contribution in [0.3, 0.4) is 0 Å². The van der Waals surface area contributed by atoms with Crippen molar-refractivity contribution >= 4 is 0 Å². The standard InChI is InChI=1S/C32H28O6/c33-25-27-28(36-31(35-27,21-13-5-1-6-14-21)22-15-7-2-8-16-22)26(34)30-29(25)37-32(38-30,23-17-9-3-10-18-23)24-19-11-4-12-20-24/h1-20,25-30,33-34H/t25?,26?,27-,28-,29-,30+/m0/s1. The van der Waals surface area contributed by atoms with E-state index in [1.807, 2.05) is 121 Å². The second-order valence-electron chi connectivity index (χ2n) is 10.0. The summed E-state index contributed by atoms with van der Waals surface area (Å²) in [7, 11) is 0. The van der Waals surface area contributed by atoms with Gasteiger partial charge in [-0.2, -0.15) is 0 Å². The quantitative estimate of drug-likeness (QED) is 0.433. The third-order valence-corrected chi connectivity index (χ3v) is 7.82. The van der Waals surface area contributed by atoms with Crippen molar-refractivity contribution < 1.29 is 29.2 Å². The summed E-state index contributed by atoms with van der Waals surface area (Å²) >= 11 is 0. The van der Waals surface area contributed by atoms with E-state index in [9.17, 15) is 10.2 Å². The van der Waals surface area contributed by atoms with Crippen LogP contribution in [0.4, 0.5) is 0 Å². The molecular weight excluding hydrogens is 480 g/mol. The Hall–Kier alpha value is -3.36. The summed E-state index contributed by atoms with van der Waals surface area (Å²) in [4.78, 5) is 0. The molecule has 4 aromatic carbocycles. The molecule has 2 N–H and O–H groups in total. The van der Waals surface area contributed by atoms with Gasteiger partial charge in [-0.15, -0.1) is 0 Å². The molecule has 0 aromatic heterocycles. The number of aliphatic hydroxyl groups excluding tert-OH is 2. The van der Waals surface area contributed by atoms with Crippen molar-refractivity contribution in [3.8, 4) is 0 Å². The minimum atomic E-state index is -1.30. The smallest absolute Gasteiger partial charge is 0.223 e. The SMILES string of the molecule is OC1[C@H]2OC(c3ccccc3)(c3ccccc3)O[C@H]2C(O)[C@@H]2OC(c3ccccc3)(c3ccccc3)O[C@@H]12. The second-order valence-corrected chi connectivity index (χ2v) is 10.0. The van der Waals surface area contributed by atoms with E-state index in [1.165, 1.54) is 0 Å². The Bertz CT molecular complexity index is 1160. The molecule has 38 heavy (non-hydrogen) atoms. The number of hydrogen-bond acceptors (Lipinski definition) is 6. The topological polar surface area (TPSA) is 77.4 Å². The van der Waals surface area contributed by atoms with E-state index in [0.29, 0.717) is 0 Å². The maximum absolute atomic E-state index is 11.7. The molecule has 0 spiro atoms. The Labute approximate surface area is 221 Å². The second kappa shape index (κ2) is 9.13. The van der Waals surface area contributed by atoms with Crippen LogP contribution >= 0.6 is 0 Å². The van der Waals surface area contributed by atoms with Crippen LogP contribution in [0, 0.1) is 0 Å². The molecule has 0 bridgehead atoms. The van der Waals surface area contributed by atoms with Crippen molar-refractivity contribution in [2.75, 3.05) is 0 Å². The van der Waals surface area contributed by atoms with Crippen LogP contribution in [-0.2, 0) is 30.5 Å². The Morgan fingerprint density at radius 3 is 0.789 bits per heavy atom. The first-order valence-corrected chi connectivity index (χ1v) is 12.9. The van der Waals surface area contributed by atoms with E-state index in [1.54, 1.807) is 0 Å². The van der Waals surface area contributed by atoms with Crippen LogP contribution in [0.15, 0.2) is 121 Å². The highest BCUT2D eigenvalue weighted by molar-refractivity contribution is 5.38.